The molecule has 0 bridgehead atoms. The Morgan fingerprint density at radius 2 is 1.75 bits per heavy atom. The lowest BCUT2D eigenvalue weighted by Crippen LogP contribution is -2.11. The van der Waals surface area contributed by atoms with Crippen molar-refractivity contribution < 1.29 is 0 Å². The van der Waals surface area contributed by atoms with E-state index in [2.05, 4.69) is 76.2 Å². The van der Waals surface area contributed by atoms with Crippen LogP contribution < -0.4 is 0 Å². The molecule has 0 saturated heterocycles. The molecule has 0 fully saturated rings. The van der Waals surface area contributed by atoms with Crippen molar-refractivity contribution in [3.05, 3.63) is 41.5 Å². The first-order chi connectivity index (χ1) is 7.38. The summed E-state index contributed by atoms with van der Waals surface area (Å²) in [6.07, 6.45) is 4.50. The van der Waals surface area contributed by atoms with Crippen LogP contribution in [0, 0.1) is 5.41 Å². The largest absolute Gasteiger partial charge is 0.305 e. The summed E-state index contributed by atoms with van der Waals surface area (Å²) in [5.41, 5.74) is 2.95. The van der Waals surface area contributed by atoms with Gasteiger partial charge >= 0.3 is 0 Å². The first kappa shape index (κ1) is 13.0. The first-order valence-electron chi connectivity index (χ1n) is 5.80. The Hall–Kier alpha value is -1.08. The summed E-state index contributed by atoms with van der Waals surface area (Å²) in [6, 6.07) is 8.58. The van der Waals surface area contributed by atoms with Crippen LogP contribution in [0.2, 0.25) is 0 Å². The van der Waals surface area contributed by atoms with Crippen LogP contribution in [0.25, 0.3) is 6.08 Å². The topological polar surface area (TPSA) is 3.24 Å². The average Bonchev–Trinajstić information content (AvgIpc) is 2.14. The van der Waals surface area contributed by atoms with Gasteiger partial charge in [-0.15, -0.1) is 0 Å². The maximum Gasteiger partial charge on any atom is 0.0233 e. The highest BCUT2D eigenvalue weighted by molar-refractivity contribution is 5.54. The van der Waals surface area contributed by atoms with E-state index in [1.807, 2.05) is 0 Å². The van der Waals surface area contributed by atoms with Gasteiger partial charge in [-0.25, -0.2) is 0 Å². The molecule has 1 nitrogen and oxygen atoms in total. The Morgan fingerprint density at radius 1 is 1.12 bits per heavy atom. The van der Waals surface area contributed by atoms with Crippen molar-refractivity contribution in [2.75, 3.05) is 14.1 Å². The highest BCUT2D eigenvalue weighted by Gasteiger charge is 2.05. The maximum absolute atomic E-state index is 2.27. The minimum Gasteiger partial charge on any atom is -0.305 e. The van der Waals surface area contributed by atoms with E-state index < -0.39 is 0 Å². The molecule has 1 aromatic rings. The summed E-state index contributed by atoms with van der Waals surface area (Å²) < 4.78 is 0. The Bertz CT molecular complexity index is 356. The van der Waals surface area contributed by atoms with Crippen LogP contribution in [-0.2, 0) is 6.54 Å². The predicted molar refractivity (Wildman–Crippen MR) is 72.3 cm³/mol. The van der Waals surface area contributed by atoms with Crippen molar-refractivity contribution >= 4 is 6.08 Å². The van der Waals surface area contributed by atoms with Crippen LogP contribution in [0.5, 0.6) is 0 Å². The normalized spacial score (nSPS) is 12.6. The van der Waals surface area contributed by atoms with Gasteiger partial charge in [0.15, 0.2) is 0 Å². The summed E-state index contributed by atoms with van der Waals surface area (Å²) in [4.78, 5) is 2.20. The Kier molecular flexibility index (Phi) is 4.31. The minimum atomic E-state index is 0.241. The molecule has 1 rings (SSSR count). The van der Waals surface area contributed by atoms with Gasteiger partial charge in [-0.05, 0) is 30.6 Å². The zero-order valence-corrected chi connectivity index (χ0v) is 11.1. The molecule has 0 spiro atoms. The highest BCUT2D eigenvalue weighted by atomic mass is 15.0. The molecule has 0 unspecified atom stereocenters. The summed E-state index contributed by atoms with van der Waals surface area (Å²) >= 11 is 0. The van der Waals surface area contributed by atoms with Crippen LogP contribution in [0.15, 0.2) is 30.3 Å². The van der Waals surface area contributed by atoms with Crippen molar-refractivity contribution in [3.63, 3.8) is 0 Å². The molecule has 16 heavy (non-hydrogen) atoms. The number of rotatable bonds is 3. The second kappa shape index (κ2) is 5.31. The molecule has 0 atom stereocenters. The molecule has 0 N–H and O–H groups in total. The lowest BCUT2D eigenvalue weighted by molar-refractivity contribution is 0.402. The number of hydrogen-bond donors (Lipinski definition) is 0. The second-order valence-corrected chi connectivity index (χ2v) is 5.64. The van der Waals surface area contributed by atoms with Gasteiger partial charge in [-0.3, -0.25) is 0 Å². The molecule has 1 aromatic carbocycles. The SMILES string of the molecule is CN(C)Cc1ccccc1/C=C/C(C)(C)C. The molecule has 0 amide bonds. The molecule has 0 aromatic heterocycles. The zero-order chi connectivity index (χ0) is 12.2. The maximum atomic E-state index is 2.27. The van der Waals surface area contributed by atoms with Crippen molar-refractivity contribution in [2.45, 2.75) is 27.3 Å². The van der Waals surface area contributed by atoms with Crippen LogP contribution in [0.3, 0.4) is 0 Å². The summed E-state index contributed by atoms with van der Waals surface area (Å²) in [7, 11) is 4.20. The second-order valence-electron chi connectivity index (χ2n) is 5.64. The van der Waals surface area contributed by atoms with Crippen molar-refractivity contribution in [3.8, 4) is 0 Å². The Morgan fingerprint density at radius 3 is 2.31 bits per heavy atom. The highest BCUT2D eigenvalue weighted by Crippen LogP contribution is 2.19. The monoisotopic (exact) mass is 217 g/mol. The lowest BCUT2D eigenvalue weighted by atomic mass is 9.94. The fourth-order valence-corrected chi connectivity index (χ4v) is 1.52. The molecule has 0 heterocycles. The zero-order valence-electron chi connectivity index (χ0n) is 11.1. The smallest absolute Gasteiger partial charge is 0.0233 e. The number of benzene rings is 1. The quantitative estimate of drug-likeness (QED) is 0.744. The third kappa shape index (κ3) is 4.63. The number of hydrogen-bond acceptors (Lipinski definition) is 1. The third-order valence-corrected chi connectivity index (χ3v) is 2.30. The summed E-state index contributed by atoms with van der Waals surface area (Å²) in [5.74, 6) is 0. The van der Waals surface area contributed by atoms with E-state index in [1.54, 1.807) is 0 Å². The standard InChI is InChI=1S/C15H23N/c1-15(2,3)11-10-13-8-6-7-9-14(13)12-16(4)5/h6-11H,12H2,1-5H3/b11-10+. The van der Waals surface area contributed by atoms with Gasteiger partial charge < -0.3 is 4.90 Å². The van der Waals surface area contributed by atoms with Crippen molar-refractivity contribution in [2.24, 2.45) is 5.41 Å². The van der Waals surface area contributed by atoms with Crippen molar-refractivity contribution in [1.29, 1.82) is 0 Å². The first-order valence-corrected chi connectivity index (χ1v) is 5.80. The predicted octanol–water partition coefficient (Wildman–Crippen LogP) is 3.81. The number of nitrogens with zero attached hydrogens (tertiary/aromatic N) is 1. The van der Waals surface area contributed by atoms with E-state index in [-0.39, 0.29) is 5.41 Å². The van der Waals surface area contributed by atoms with Gasteiger partial charge in [0.25, 0.3) is 0 Å². The molecule has 0 aliphatic heterocycles. The molecule has 0 aliphatic carbocycles. The van der Waals surface area contributed by atoms with Gasteiger partial charge in [0.1, 0.15) is 0 Å². The van der Waals surface area contributed by atoms with Gasteiger partial charge in [0.2, 0.25) is 0 Å². The Labute approximate surface area is 99.8 Å². The van der Waals surface area contributed by atoms with Crippen molar-refractivity contribution in [1.82, 2.24) is 4.90 Å². The van der Waals surface area contributed by atoms with E-state index in [0.29, 0.717) is 0 Å². The summed E-state index contributed by atoms with van der Waals surface area (Å²) in [6.45, 7) is 7.65. The third-order valence-electron chi connectivity index (χ3n) is 2.30. The van der Waals surface area contributed by atoms with Gasteiger partial charge in [-0.1, -0.05) is 57.2 Å². The molecule has 0 radical (unpaired) electrons. The fourth-order valence-electron chi connectivity index (χ4n) is 1.52. The molecule has 1 heteroatoms. The Balaban J connectivity index is 2.91. The van der Waals surface area contributed by atoms with E-state index >= 15 is 0 Å². The van der Waals surface area contributed by atoms with Crippen LogP contribution in [0.4, 0.5) is 0 Å². The van der Waals surface area contributed by atoms with Gasteiger partial charge in [-0.2, -0.15) is 0 Å². The lowest BCUT2D eigenvalue weighted by Gasteiger charge is -2.14. The fraction of sp³-hybridized carbons (Fsp3) is 0.467. The van der Waals surface area contributed by atoms with Crippen LogP contribution in [-0.4, -0.2) is 19.0 Å². The average molecular weight is 217 g/mol. The van der Waals surface area contributed by atoms with Gasteiger partial charge in [0, 0.05) is 6.54 Å². The molecular formula is C15H23N. The molecule has 88 valence electrons. The van der Waals surface area contributed by atoms with Crippen LogP contribution in [0.1, 0.15) is 31.9 Å². The molecule has 0 aliphatic rings. The summed E-state index contributed by atoms with van der Waals surface area (Å²) in [5, 5.41) is 0. The van der Waals surface area contributed by atoms with E-state index in [0.717, 1.165) is 6.54 Å². The van der Waals surface area contributed by atoms with E-state index in [9.17, 15) is 0 Å². The van der Waals surface area contributed by atoms with E-state index in [4.69, 9.17) is 0 Å². The minimum absolute atomic E-state index is 0.241. The molecular weight excluding hydrogens is 194 g/mol. The number of allylic oxidation sites excluding steroid dienone is 1. The van der Waals surface area contributed by atoms with Gasteiger partial charge in [0.05, 0.1) is 0 Å². The molecule has 0 saturated carbocycles. The van der Waals surface area contributed by atoms with Crippen LogP contribution >= 0.6 is 0 Å². The van der Waals surface area contributed by atoms with E-state index in [1.165, 1.54) is 11.1 Å².